The number of phosphoric acid groups is 1. The molecule has 0 bridgehead atoms. The van der Waals surface area contributed by atoms with Crippen LogP contribution >= 0.6 is 7.82 Å². The zero-order chi connectivity index (χ0) is 52.0. The molecule has 71 heavy (non-hydrogen) atoms. The lowest BCUT2D eigenvalue weighted by Crippen LogP contribution is -2.55. The fourth-order valence-electron chi connectivity index (χ4n) is 7.76. The lowest BCUT2D eigenvalue weighted by Gasteiger charge is -2.25. The third kappa shape index (κ3) is 31.7. The number of rotatable bonds is 44. The predicted octanol–water partition coefficient (Wildman–Crippen LogP) is 8.10. The third-order valence-corrected chi connectivity index (χ3v) is 12.6. The van der Waals surface area contributed by atoms with Crippen LogP contribution in [-0.2, 0) is 43.9 Å². The number of nitrogens with zero attached hydrogens (tertiary/aromatic N) is 3. The van der Waals surface area contributed by atoms with Gasteiger partial charge in [-0.25, -0.2) is 9.97 Å². The largest absolute Gasteiger partial charge is 0.756 e. The average Bonchev–Trinajstić information content (AvgIpc) is 3.34. The number of hydrogen-bond acceptors (Lipinski definition) is 17. The first-order valence-corrected chi connectivity index (χ1v) is 27.5. The van der Waals surface area contributed by atoms with Crippen LogP contribution < -0.4 is 20.8 Å². The second-order valence-corrected chi connectivity index (χ2v) is 19.9. The number of amides is 2. The zero-order valence-corrected chi connectivity index (χ0v) is 43.5. The van der Waals surface area contributed by atoms with E-state index in [1.165, 1.54) is 76.6 Å². The van der Waals surface area contributed by atoms with E-state index in [1.807, 2.05) is 44.2 Å². The molecule has 0 fully saturated rings. The minimum atomic E-state index is -4.84. The fourth-order valence-corrected chi connectivity index (χ4v) is 8.49. The van der Waals surface area contributed by atoms with Gasteiger partial charge >= 0.3 is 19.1 Å². The van der Waals surface area contributed by atoms with E-state index in [-0.39, 0.29) is 36.7 Å². The molecule has 0 aliphatic heterocycles. The molecule has 400 valence electrons. The molecule has 2 unspecified atom stereocenters. The van der Waals surface area contributed by atoms with E-state index in [9.17, 15) is 43.6 Å². The molecule has 2 amide bonds. The van der Waals surface area contributed by atoms with E-state index >= 15 is 0 Å². The molecule has 0 saturated heterocycles. The molecule has 5 N–H and O–H groups in total. The molecule has 19 nitrogen and oxygen atoms in total. The lowest BCUT2D eigenvalue weighted by molar-refractivity contribution is -0.228. The van der Waals surface area contributed by atoms with Gasteiger partial charge in [0.1, 0.15) is 19.2 Å². The molecule has 0 aliphatic rings. The summed E-state index contributed by atoms with van der Waals surface area (Å²) < 4.78 is 32.4. The standard InChI is InChI=1S/C50H84BN6O13P/c1-4-5-6-7-8-9-10-11-12-13-14-15-18-24-29-45(58)67-38-42(39-69-71(65,66)68-35-34-55-64)70-46(59)30-25-19-16-17-20-26-31-53-48-47(52-32-33-54-48)50(61)56-43(37-41-27-22-21-23-28-41)49(60)57-44(51(62)63)36-40(2)3/h21-23,27-28,32-33,40,42-44,62-63H,4-20,24-26,29-31,34-39H2,1-3H3,(H,53,54)(H,56,61)(H,57,60)(H,65,66)/p-1/t42?,43-,44-/m0/s1. The molecule has 0 spiro atoms. The molecule has 0 radical (unpaired) electrons. The minimum absolute atomic E-state index is 0.000806. The highest BCUT2D eigenvalue weighted by Gasteiger charge is 2.31. The second-order valence-electron chi connectivity index (χ2n) is 18.5. The van der Waals surface area contributed by atoms with Crippen molar-refractivity contribution in [3.8, 4) is 0 Å². The van der Waals surface area contributed by atoms with Gasteiger partial charge in [-0.15, -0.1) is 0 Å². The van der Waals surface area contributed by atoms with Gasteiger partial charge in [-0.05, 0) is 37.2 Å². The normalized spacial score (nSPS) is 13.4. The maximum atomic E-state index is 13.6. The van der Waals surface area contributed by atoms with Gasteiger partial charge in [-0.2, -0.15) is 4.91 Å². The Morgan fingerprint density at radius 2 is 1.31 bits per heavy atom. The van der Waals surface area contributed by atoms with Crippen LogP contribution in [0.1, 0.15) is 185 Å². The van der Waals surface area contributed by atoms with Gasteiger partial charge in [0.05, 0.1) is 19.2 Å². The lowest BCUT2D eigenvalue weighted by atomic mass is 9.75. The van der Waals surface area contributed by atoms with Crippen molar-refractivity contribution in [2.75, 3.05) is 38.2 Å². The van der Waals surface area contributed by atoms with E-state index in [4.69, 9.17) is 14.0 Å². The van der Waals surface area contributed by atoms with Crippen molar-refractivity contribution >= 4 is 44.5 Å². The van der Waals surface area contributed by atoms with E-state index in [0.29, 0.717) is 32.2 Å². The number of nitrogens with one attached hydrogen (secondary N) is 3. The smallest absolute Gasteiger partial charge is 0.475 e. The van der Waals surface area contributed by atoms with E-state index in [1.54, 1.807) is 0 Å². The van der Waals surface area contributed by atoms with E-state index in [0.717, 1.165) is 50.5 Å². The first kappa shape index (κ1) is 62.8. The Hall–Kier alpha value is -4.33. The van der Waals surface area contributed by atoms with Crippen LogP contribution in [0.5, 0.6) is 0 Å². The second kappa shape index (κ2) is 39.2. The van der Waals surface area contributed by atoms with Gasteiger partial charge in [0.15, 0.2) is 17.6 Å². The van der Waals surface area contributed by atoms with Gasteiger partial charge in [0.25, 0.3) is 13.7 Å². The number of aromatic nitrogens is 2. The molecule has 21 heteroatoms. The number of nitroso groups, excluding NO2 is 1. The number of phosphoric ester groups is 1. The van der Waals surface area contributed by atoms with Gasteiger partial charge in [-0.1, -0.05) is 165 Å². The van der Waals surface area contributed by atoms with Crippen LogP contribution in [-0.4, -0.2) is 102 Å². The number of hydrogen-bond donors (Lipinski definition) is 5. The zero-order valence-electron chi connectivity index (χ0n) is 42.6. The van der Waals surface area contributed by atoms with E-state index in [2.05, 4.69) is 42.5 Å². The van der Waals surface area contributed by atoms with Crippen LogP contribution in [0.15, 0.2) is 47.9 Å². The van der Waals surface area contributed by atoms with Crippen LogP contribution in [0.25, 0.3) is 0 Å². The summed E-state index contributed by atoms with van der Waals surface area (Å²) in [4.78, 5) is 83.4. The van der Waals surface area contributed by atoms with Crippen molar-refractivity contribution in [1.82, 2.24) is 20.6 Å². The topological polar surface area (TPSA) is 277 Å². The molecule has 0 aliphatic carbocycles. The molecule has 1 heterocycles. The molecule has 1 aromatic carbocycles. The maximum Gasteiger partial charge on any atom is 0.475 e. The number of unbranched alkanes of at least 4 members (excludes halogenated alkanes) is 18. The summed E-state index contributed by atoms with van der Waals surface area (Å²) in [6, 6.07) is 8.09. The van der Waals surface area contributed by atoms with Crippen LogP contribution in [0.2, 0.25) is 0 Å². The van der Waals surface area contributed by atoms with Gasteiger partial charge in [0, 0.05) is 38.2 Å². The molecule has 4 atom stereocenters. The molecule has 2 aromatic rings. The summed E-state index contributed by atoms with van der Waals surface area (Å²) in [7, 11) is -6.63. The number of carbonyl (C=O) groups excluding carboxylic acids is 4. The van der Waals surface area contributed by atoms with Crippen molar-refractivity contribution in [2.45, 2.75) is 193 Å². The van der Waals surface area contributed by atoms with Crippen molar-refractivity contribution in [2.24, 2.45) is 11.1 Å². The summed E-state index contributed by atoms with van der Waals surface area (Å²) >= 11 is 0. The molecule has 1 aromatic heterocycles. The van der Waals surface area contributed by atoms with Crippen molar-refractivity contribution < 1.29 is 57.2 Å². The fraction of sp³-hybridized carbons (Fsp3) is 0.720. The molecule has 2 rings (SSSR count). The average molecular weight is 1020 g/mol. The summed E-state index contributed by atoms with van der Waals surface area (Å²) in [6.45, 7) is 4.58. The van der Waals surface area contributed by atoms with E-state index < -0.39 is 83.1 Å². The Kier molecular flexibility index (Phi) is 34.7. The SMILES string of the molecule is CCCCCCCCCCCCCCCCC(=O)OCC(COP(=O)([O-])OCCN=O)OC(=O)CCCCCCCCNc1nccnc1C(=O)N[C@@H](Cc1ccccc1)C(=O)N[C@@H](CC(C)C)B(O)O. The van der Waals surface area contributed by atoms with Gasteiger partial charge in [0.2, 0.25) is 5.91 Å². The summed E-state index contributed by atoms with van der Waals surface area (Å²) in [5.41, 5.74) is 0.791. The highest BCUT2D eigenvalue weighted by atomic mass is 31.2. The first-order valence-electron chi connectivity index (χ1n) is 26.0. The van der Waals surface area contributed by atoms with Gasteiger partial charge in [-0.3, -0.25) is 23.7 Å². The summed E-state index contributed by atoms with van der Waals surface area (Å²) in [5.74, 6) is -2.90. The number of esters is 2. The number of anilines is 1. The van der Waals surface area contributed by atoms with Crippen LogP contribution in [0.3, 0.4) is 0 Å². The predicted molar refractivity (Wildman–Crippen MR) is 272 cm³/mol. The number of benzene rings is 1. The Bertz CT molecular complexity index is 1820. The summed E-state index contributed by atoms with van der Waals surface area (Å²) in [5, 5.41) is 31.0. The Morgan fingerprint density at radius 1 is 0.746 bits per heavy atom. The quantitative estimate of drug-likeness (QED) is 0.0138. The van der Waals surface area contributed by atoms with Gasteiger partial charge < -0.3 is 49.4 Å². The minimum Gasteiger partial charge on any atom is -0.756 e. The highest BCUT2D eigenvalue weighted by molar-refractivity contribution is 7.45. The number of carbonyl (C=O) groups is 4. The van der Waals surface area contributed by atoms with Crippen molar-refractivity contribution in [3.05, 3.63) is 58.9 Å². The third-order valence-electron chi connectivity index (χ3n) is 11.6. The Labute approximate surface area is 422 Å². The molecular weight excluding hydrogens is 934 g/mol. The van der Waals surface area contributed by atoms with Crippen molar-refractivity contribution in [3.63, 3.8) is 0 Å². The maximum absolute atomic E-state index is 13.6. The van der Waals surface area contributed by atoms with Crippen LogP contribution in [0, 0.1) is 10.8 Å². The highest BCUT2D eigenvalue weighted by Crippen LogP contribution is 2.38. The monoisotopic (exact) mass is 1020 g/mol. The Morgan fingerprint density at radius 3 is 1.89 bits per heavy atom. The first-order chi connectivity index (χ1) is 34.2. The molecular formula is C50H83BN6O13P-. The number of ether oxygens (including phenoxy) is 2. The summed E-state index contributed by atoms with van der Waals surface area (Å²) in [6.07, 6.45) is 23.4. The molecule has 0 saturated carbocycles. The van der Waals surface area contributed by atoms with Crippen LogP contribution in [0.4, 0.5) is 5.82 Å². The Balaban J connectivity index is 1.76. The van der Waals surface area contributed by atoms with Crippen molar-refractivity contribution in [1.29, 1.82) is 0 Å².